The van der Waals surface area contributed by atoms with E-state index in [9.17, 15) is 10.1 Å². The van der Waals surface area contributed by atoms with Gasteiger partial charge in [0.2, 0.25) is 0 Å². The summed E-state index contributed by atoms with van der Waals surface area (Å²) in [7, 11) is 0. The second kappa shape index (κ2) is 6.83. The van der Waals surface area contributed by atoms with Crippen LogP contribution in [0.5, 0.6) is 0 Å². The summed E-state index contributed by atoms with van der Waals surface area (Å²) in [6.45, 7) is 5.61. The average Bonchev–Trinajstić information content (AvgIpc) is 3.00. The van der Waals surface area contributed by atoms with Gasteiger partial charge < -0.3 is 10.1 Å². The van der Waals surface area contributed by atoms with Crippen LogP contribution in [0, 0.1) is 16.0 Å². The SMILES string of the molecule is O=[N+]([O-])c1cc([C@@H](C2CCOCC2)N2CCNCC2)cs1. The van der Waals surface area contributed by atoms with Crippen molar-refractivity contribution in [3.63, 3.8) is 0 Å². The Hall–Kier alpha value is -1.02. The van der Waals surface area contributed by atoms with E-state index in [0.29, 0.717) is 12.0 Å². The van der Waals surface area contributed by atoms with E-state index in [1.165, 1.54) is 11.3 Å². The van der Waals surface area contributed by atoms with Gasteiger partial charge in [-0.25, -0.2) is 0 Å². The minimum absolute atomic E-state index is 0.247. The maximum Gasteiger partial charge on any atom is 0.324 e. The Labute approximate surface area is 128 Å². The Bertz CT molecular complexity index is 464. The molecule has 2 aliphatic rings. The fourth-order valence-corrected chi connectivity index (χ4v) is 4.12. The number of ether oxygens (including phenoxy) is 1. The highest BCUT2D eigenvalue weighted by Crippen LogP contribution is 2.38. The van der Waals surface area contributed by atoms with E-state index in [2.05, 4.69) is 10.2 Å². The summed E-state index contributed by atoms with van der Waals surface area (Å²) in [5.41, 5.74) is 1.11. The van der Waals surface area contributed by atoms with Gasteiger partial charge in [-0.15, -0.1) is 0 Å². The van der Waals surface area contributed by atoms with Crippen LogP contribution >= 0.6 is 11.3 Å². The molecule has 6 nitrogen and oxygen atoms in total. The van der Waals surface area contributed by atoms with Crippen molar-refractivity contribution < 1.29 is 9.66 Å². The van der Waals surface area contributed by atoms with Crippen molar-refractivity contribution in [1.82, 2.24) is 10.2 Å². The molecule has 3 heterocycles. The number of nitro groups is 1. The van der Waals surface area contributed by atoms with Crippen molar-refractivity contribution in [3.05, 3.63) is 27.1 Å². The molecule has 2 fully saturated rings. The lowest BCUT2D eigenvalue weighted by molar-refractivity contribution is -0.380. The minimum atomic E-state index is -0.285. The van der Waals surface area contributed by atoms with Crippen molar-refractivity contribution in [2.45, 2.75) is 18.9 Å². The lowest BCUT2D eigenvalue weighted by atomic mass is 9.86. The van der Waals surface area contributed by atoms with E-state index in [-0.39, 0.29) is 9.92 Å². The predicted octanol–water partition coefficient (Wildman–Crippen LogP) is 2.03. The summed E-state index contributed by atoms with van der Waals surface area (Å²) >= 11 is 1.24. The van der Waals surface area contributed by atoms with Gasteiger partial charge in [-0.05, 0) is 24.3 Å². The first-order valence-electron chi connectivity index (χ1n) is 7.51. The van der Waals surface area contributed by atoms with Gasteiger partial charge in [-0.1, -0.05) is 11.3 Å². The lowest BCUT2D eigenvalue weighted by Crippen LogP contribution is -2.47. The van der Waals surface area contributed by atoms with Crippen LogP contribution in [0.15, 0.2) is 11.4 Å². The first-order chi connectivity index (χ1) is 10.3. The molecule has 2 aliphatic heterocycles. The summed E-state index contributed by atoms with van der Waals surface area (Å²) in [5, 5.41) is 16.6. The van der Waals surface area contributed by atoms with Crippen molar-refractivity contribution in [3.8, 4) is 0 Å². The molecule has 0 bridgehead atoms. The molecule has 0 aromatic carbocycles. The van der Waals surface area contributed by atoms with Gasteiger partial charge in [-0.3, -0.25) is 15.0 Å². The molecule has 1 atom stereocenters. The molecule has 2 saturated heterocycles. The van der Waals surface area contributed by atoms with Crippen LogP contribution < -0.4 is 5.32 Å². The van der Waals surface area contributed by atoms with E-state index in [1.54, 1.807) is 6.07 Å². The molecule has 0 amide bonds. The second-order valence-corrected chi connectivity index (χ2v) is 6.55. The number of piperazine rings is 1. The number of nitrogens with zero attached hydrogens (tertiary/aromatic N) is 2. The lowest BCUT2D eigenvalue weighted by Gasteiger charge is -2.40. The van der Waals surface area contributed by atoms with Crippen LogP contribution in [0.4, 0.5) is 5.00 Å². The first-order valence-corrected chi connectivity index (χ1v) is 8.39. The van der Waals surface area contributed by atoms with Gasteiger partial charge in [0.05, 0.1) is 4.92 Å². The third-order valence-corrected chi connectivity index (χ3v) is 5.28. The summed E-state index contributed by atoms with van der Waals surface area (Å²) in [4.78, 5) is 13.2. The molecule has 3 rings (SSSR count). The molecular formula is C14H21N3O3S. The minimum Gasteiger partial charge on any atom is -0.381 e. The van der Waals surface area contributed by atoms with Crippen molar-refractivity contribution >= 4 is 16.3 Å². The van der Waals surface area contributed by atoms with Gasteiger partial charge in [-0.2, -0.15) is 0 Å². The third-order valence-electron chi connectivity index (χ3n) is 4.38. The third kappa shape index (κ3) is 3.42. The Morgan fingerprint density at radius 2 is 2.10 bits per heavy atom. The number of thiophene rings is 1. The molecule has 7 heteroatoms. The highest BCUT2D eigenvalue weighted by Gasteiger charge is 2.32. The van der Waals surface area contributed by atoms with Crippen LogP contribution in [0.1, 0.15) is 24.4 Å². The Kier molecular flexibility index (Phi) is 4.84. The highest BCUT2D eigenvalue weighted by molar-refractivity contribution is 7.13. The number of nitrogens with one attached hydrogen (secondary N) is 1. The average molecular weight is 311 g/mol. The van der Waals surface area contributed by atoms with Gasteiger partial charge in [0.1, 0.15) is 0 Å². The number of rotatable bonds is 4. The van der Waals surface area contributed by atoms with Crippen molar-refractivity contribution in [2.24, 2.45) is 5.92 Å². The maximum absolute atomic E-state index is 11.0. The fourth-order valence-electron chi connectivity index (χ4n) is 3.36. The normalized spacial score (nSPS) is 23.0. The molecule has 21 heavy (non-hydrogen) atoms. The Morgan fingerprint density at radius 1 is 1.38 bits per heavy atom. The zero-order valence-electron chi connectivity index (χ0n) is 12.0. The predicted molar refractivity (Wildman–Crippen MR) is 81.7 cm³/mol. The van der Waals surface area contributed by atoms with E-state index in [1.807, 2.05) is 5.38 Å². The topological polar surface area (TPSA) is 67.6 Å². The first kappa shape index (κ1) is 14.9. The van der Waals surface area contributed by atoms with Crippen LogP contribution in [0.2, 0.25) is 0 Å². The Balaban J connectivity index is 1.84. The van der Waals surface area contributed by atoms with Gasteiger partial charge in [0.25, 0.3) is 0 Å². The number of hydrogen-bond donors (Lipinski definition) is 1. The molecular weight excluding hydrogens is 290 g/mol. The van der Waals surface area contributed by atoms with E-state index < -0.39 is 0 Å². The fraction of sp³-hybridized carbons (Fsp3) is 0.714. The zero-order valence-corrected chi connectivity index (χ0v) is 12.8. The number of hydrogen-bond acceptors (Lipinski definition) is 6. The monoisotopic (exact) mass is 311 g/mol. The van der Waals surface area contributed by atoms with Crippen molar-refractivity contribution in [2.75, 3.05) is 39.4 Å². The summed E-state index contributed by atoms with van der Waals surface area (Å²) < 4.78 is 5.48. The van der Waals surface area contributed by atoms with Gasteiger partial charge in [0, 0.05) is 56.9 Å². The molecule has 0 aliphatic carbocycles. The van der Waals surface area contributed by atoms with Crippen LogP contribution in [0.3, 0.4) is 0 Å². The summed E-state index contributed by atoms with van der Waals surface area (Å²) in [6, 6.07) is 2.06. The zero-order chi connectivity index (χ0) is 14.7. The molecule has 1 aromatic heterocycles. The van der Waals surface area contributed by atoms with E-state index in [4.69, 9.17) is 4.74 Å². The highest BCUT2D eigenvalue weighted by atomic mass is 32.1. The molecule has 0 saturated carbocycles. The molecule has 0 spiro atoms. The summed E-state index contributed by atoms with van der Waals surface area (Å²) in [5.74, 6) is 0.533. The van der Waals surface area contributed by atoms with E-state index in [0.717, 1.165) is 57.8 Å². The molecule has 1 aromatic rings. The quantitative estimate of drug-likeness (QED) is 0.681. The summed E-state index contributed by atoms with van der Waals surface area (Å²) in [6.07, 6.45) is 2.08. The molecule has 0 unspecified atom stereocenters. The standard InChI is InChI=1S/C14H21N3O3S/c18-17(19)13-9-12(10-21-13)14(11-1-7-20-8-2-11)16-5-3-15-4-6-16/h9-11,14-15H,1-8H2/t14-/m1/s1. The van der Waals surface area contributed by atoms with Crippen LogP contribution in [-0.2, 0) is 4.74 Å². The maximum atomic E-state index is 11.0. The van der Waals surface area contributed by atoms with Crippen molar-refractivity contribution in [1.29, 1.82) is 0 Å². The van der Waals surface area contributed by atoms with Crippen LogP contribution in [0.25, 0.3) is 0 Å². The smallest absolute Gasteiger partial charge is 0.324 e. The molecule has 1 N–H and O–H groups in total. The largest absolute Gasteiger partial charge is 0.381 e. The second-order valence-electron chi connectivity index (χ2n) is 5.66. The van der Waals surface area contributed by atoms with Crippen LogP contribution in [-0.4, -0.2) is 49.2 Å². The van der Waals surface area contributed by atoms with Gasteiger partial charge in [0.15, 0.2) is 0 Å². The Morgan fingerprint density at radius 3 is 2.71 bits per heavy atom. The van der Waals surface area contributed by atoms with Gasteiger partial charge >= 0.3 is 5.00 Å². The molecule has 0 radical (unpaired) electrons. The molecule has 116 valence electrons. The van der Waals surface area contributed by atoms with E-state index >= 15 is 0 Å².